The van der Waals surface area contributed by atoms with E-state index in [0.29, 0.717) is 17.5 Å². The molecule has 1 unspecified atom stereocenters. The molecule has 1 aromatic carbocycles. The van der Waals surface area contributed by atoms with Crippen molar-refractivity contribution in [1.82, 2.24) is 9.88 Å². The van der Waals surface area contributed by atoms with E-state index in [9.17, 15) is 14.7 Å². The summed E-state index contributed by atoms with van der Waals surface area (Å²) in [6, 6.07) is 4.99. The molecule has 6 heteroatoms. The molecule has 1 aromatic heterocycles. The predicted octanol–water partition coefficient (Wildman–Crippen LogP) is 1.02. The van der Waals surface area contributed by atoms with Crippen LogP contribution in [0.25, 0.3) is 11.1 Å². The summed E-state index contributed by atoms with van der Waals surface area (Å²) in [6.45, 7) is 2.14. The lowest BCUT2D eigenvalue weighted by molar-refractivity contribution is 0.0910. The highest BCUT2D eigenvalue weighted by molar-refractivity contribution is 6.04. The zero-order chi connectivity index (χ0) is 14.7. The average Bonchev–Trinajstić information content (AvgIpc) is 2.72. The minimum atomic E-state index is -0.564. The molecular weight excluding hydrogens is 260 g/mol. The second-order valence-corrected chi connectivity index (χ2v) is 4.73. The van der Waals surface area contributed by atoms with Crippen LogP contribution in [-0.4, -0.2) is 28.2 Å². The number of fused-ring (bicyclic) bond motifs is 1. The lowest BCUT2D eigenvalue weighted by Crippen LogP contribution is -2.32. The fraction of sp³-hybridized carbons (Fsp3) is 0.429. The summed E-state index contributed by atoms with van der Waals surface area (Å²) in [6.07, 6.45) is 0.913. The molecule has 0 bridgehead atoms. The van der Waals surface area contributed by atoms with Crippen molar-refractivity contribution in [3.05, 3.63) is 34.3 Å². The Kier molecular flexibility index (Phi) is 4.24. The highest BCUT2D eigenvalue weighted by atomic mass is 16.4. The fourth-order valence-electron chi connectivity index (χ4n) is 2.07. The van der Waals surface area contributed by atoms with Crippen LogP contribution in [0.3, 0.4) is 0 Å². The Balaban J connectivity index is 2.22. The maximum Gasteiger partial charge on any atom is 0.419 e. The van der Waals surface area contributed by atoms with E-state index < -0.39 is 11.9 Å². The summed E-state index contributed by atoms with van der Waals surface area (Å²) in [5.41, 5.74) is 1.13. The Morgan fingerprint density at radius 1 is 1.50 bits per heavy atom. The molecule has 108 valence electrons. The van der Waals surface area contributed by atoms with Crippen LogP contribution in [0.2, 0.25) is 0 Å². The zero-order valence-corrected chi connectivity index (χ0v) is 11.5. The normalized spacial score (nSPS) is 12.6. The lowest BCUT2D eigenvalue weighted by Gasteiger charge is -2.10. The van der Waals surface area contributed by atoms with Gasteiger partial charge in [0.2, 0.25) is 0 Å². The van der Waals surface area contributed by atoms with E-state index in [-0.39, 0.29) is 18.0 Å². The molecule has 2 aromatic rings. The molecule has 1 amide bonds. The van der Waals surface area contributed by atoms with Gasteiger partial charge in [0.15, 0.2) is 5.58 Å². The third-order valence-electron chi connectivity index (χ3n) is 3.18. The van der Waals surface area contributed by atoms with Gasteiger partial charge in [-0.3, -0.25) is 9.36 Å². The number of nitrogens with zero attached hydrogens (tertiary/aromatic N) is 1. The largest absolute Gasteiger partial charge is 0.419 e. The van der Waals surface area contributed by atoms with Crippen molar-refractivity contribution in [3.63, 3.8) is 0 Å². The fourth-order valence-corrected chi connectivity index (χ4v) is 2.07. The number of rotatable bonds is 5. The Bertz CT molecular complexity index is 671. The first-order chi connectivity index (χ1) is 9.54. The number of para-hydroxylation sites is 1. The van der Waals surface area contributed by atoms with Gasteiger partial charge in [0.1, 0.15) is 0 Å². The van der Waals surface area contributed by atoms with Crippen molar-refractivity contribution in [3.8, 4) is 0 Å². The Morgan fingerprint density at radius 3 is 2.95 bits per heavy atom. The highest BCUT2D eigenvalue weighted by Gasteiger charge is 2.16. The first-order valence-corrected chi connectivity index (χ1v) is 6.59. The lowest BCUT2D eigenvalue weighted by atomic mass is 10.1. The molecule has 0 radical (unpaired) electrons. The number of carbonyl (C=O) groups excluding carboxylic acids is 1. The smallest absolute Gasteiger partial charge is 0.407 e. The van der Waals surface area contributed by atoms with E-state index >= 15 is 0 Å². The van der Waals surface area contributed by atoms with Gasteiger partial charge in [0, 0.05) is 13.6 Å². The third kappa shape index (κ3) is 2.75. The maximum atomic E-state index is 12.1. The minimum absolute atomic E-state index is 0.181. The van der Waals surface area contributed by atoms with E-state index in [0.717, 1.165) is 6.42 Å². The number of carbonyl (C=O) groups is 1. The van der Waals surface area contributed by atoms with Gasteiger partial charge in [-0.15, -0.1) is 0 Å². The van der Waals surface area contributed by atoms with Crippen molar-refractivity contribution in [2.75, 3.05) is 6.54 Å². The Hall–Kier alpha value is -2.08. The summed E-state index contributed by atoms with van der Waals surface area (Å²) in [5.74, 6) is -0.869. The van der Waals surface area contributed by atoms with Crippen LogP contribution in [0.4, 0.5) is 0 Å². The average molecular weight is 278 g/mol. The van der Waals surface area contributed by atoms with Crippen molar-refractivity contribution >= 4 is 17.0 Å². The first-order valence-electron chi connectivity index (χ1n) is 6.59. The van der Waals surface area contributed by atoms with Gasteiger partial charge in [0.05, 0.1) is 17.2 Å². The summed E-state index contributed by atoms with van der Waals surface area (Å²) in [7, 11) is 1.58. The van der Waals surface area contributed by atoms with Gasteiger partial charge in [-0.05, 0) is 18.6 Å². The van der Waals surface area contributed by atoms with E-state index in [4.69, 9.17) is 4.42 Å². The number of nitrogens with one attached hydrogen (secondary N) is 1. The number of aliphatic hydroxyl groups excluding tert-OH is 1. The number of aryl methyl sites for hydroxylation is 1. The number of oxazole rings is 1. The standard InChI is InChI=1S/C14H18N2O4/c1-3-5-9(17)8-15-13(18)10-6-4-7-11-12(10)20-14(19)16(11)2/h4,6-7,9,17H,3,5,8H2,1-2H3,(H,15,18). The van der Waals surface area contributed by atoms with Gasteiger partial charge in [0.25, 0.3) is 5.91 Å². The second kappa shape index (κ2) is 5.92. The quantitative estimate of drug-likeness (QED) is 0.855. The second-order valence-electron chi connectivity index (χ2n) is 4.73. The van der Waals surface area contributed by atoms with Gasteiger partial charge in [-0.2, -0.15) is 0 Å². The SMILES string of the molecule is CCCC(O)CNC(=O)c1cccc2c1oc(=O)n2C. The van der Waals surface area contributed by atoms with E-state index in [2.05, 4.69) is 5.32 Å². The molecule has 6 nitrogen and oxygen atoms in total. The number of hydrogen-bond donors (Lipinski definition) is 2. The summed E-state index contributed by atoms with van der Waals surface area (Å²) in [5, 5.41) is 12.3. The van der Waals surface area contributed by atoms with E-state index in [1.54, 1.807) is 25.2 Å². The van der Waals surface area contributed by atoms with Gasteiger partial charge in [-0.25, -0.2) is 4.79 Å². The van der Waals surface area contributed by atoms with Crippen LogP contribution < -0.4 is 11.1 Å². The Labute approximate surface area is 116 Å². The predicted molar refractivity (Wildman–Crippen MR) is 74.7 cm³/mol. The molecule has 0 saturated carbocycles. The maximum absolute atomic E-state index is 12.1. The van der Waals surface area contributed by atoms with E-state index in [1.165, 1.54) is 4.57 Å². The summed E-state index contributed by atoms with van der Waals surface area (Å²) >= 11 is 0. The number of amides is 1. The molecule has 1 heterocycles. The molecule has 0 fully saturated rings. The van der Waals surface area contributed by atoms with Crippen LogP contribution >= 0.6 is 0 Å². The topological polar surface area (TPSA) is 84.5 Å². The van der Waals surface area contributed by atoms with Crippen molar-refractivity contribution in [1.29, 1.82) is 0 Å². The van der Waals surface area contributed by atoms with Crippen LogP contribution in [-0.2, 0) is 7.05 Å². The van der Waals surface area contributed by atoms with Crippen molar-refractivity contribution < 1.29 is 14.3 Å². The molecule has 1 atom stereocenters. The van der Waals surface area contributed by atoms with Crippen molar-refractivity contribution in [2.24, 2.45) is 7.05 Å². The van der Waals surface area contributed by atoms with Gasteiger partial charge in [-0.1, -0.05) is 19.4 Å². The van der Waals surface area contributed by atoms with Crippen LogP contribution in [0.15, 0.2) is 27.4 Å². The summed E-state index contributed by atoms with van der Waals surface area (Å²) < 4.78 is 6.43. The monoisotopic (exact) mass is 278 g/mol. The number of benzene rings is 1. The zero-order valence-electron chi connectivity index (χ0n) is 11.5. The minimum Gasteiger partial charge on any atom is -0.407 e. The number of aliphatic hydroxyl groups is 1. The van der Waals surface area contributed by atoms with Crippen LogP contribution in [0, 0.1) is 0 Å². The van der Waals surface area contributed by atoms with Crippen LogP contribution in [0.1, 0.15) is 30.1 Å². The molecular formula is C14H18N2O4. The van der Waals surface area contributed by atoms with E-state index in [1.807, 2.05) is 6.92 Å². The molecule has 0 spiro atoms. The highest BCUT2D eigenvalue weighted by Crippen LogP contribution is 2.17. The molecule has 0 aliphatic rings. The molecule has 2 N–H and O–H groups in total. The number of hydrogen-bond acceptors (Lipinski definition) is 4. The van der Waals surface area contributed by atoms with Gasteiger partial charge >= 0.3 is 5.76 Å². The van der Waals surface area contributed by atoms with Crippen molar-refractivity contribution in [2.45, 2.75) is 25.9 Å². The summed E-state index contributed by atoms with van der Waals surface area (Å²) in [4.78, 5) is 23.6. The molecule has 20 heavy (non-hydrogen) atoms. The molecule has 2 rings (SSSR count). The Morgan fingerprint density at radius 2 is 2.25 bits per heavy atom. The number of aromatic nitrogens is 1. The molecule has 0 aliphatic carbocycles. The molecule has 0 saturated heterocycles. The molecule has 0 aliphatic heterocycles. The third-order valence-corrected chi connectivity index (χ3v) is 3.18. The first kappa shape index (κ1) is 14.3. The van der Waals surface area contributed by atoms with Crippen LogP contribution in [0.5, 0.6) is 0 Å². The van der Waals surface area contributed by atoms with Gasteiger partial charge < -0.3 is 14.8 Å².